The SMILES string of the molecule is C=CCOc1ccccc1Oc1cccc(CN2CCC(NC(=O)Cc3ccccc3)CC2)c1. The molecule has 1 saturated heterocycles. The Morgan fingerprint density at radius 3 is 2.41 bits per heavy atom. The Bertz CT molecular complexity index is 1080. The van der Waals surface area contributed by atoms with E-state index in [1.165, 1.54) is 5.56 Å². The number of benzene rings is 3. The molecule has 0 spiro atoms. The molecular weight excluding hydrogens is 424 g/mol. The molecule has 34 heavy (non-hydrogen) atoms. The molecule has 0 unspecified atom stereocenters. The average molecular weight is 457 g/mol. The number of carbonyl (C=O) groups is 1. The molecule has 5 nitrogen and oxygen atoms in total. The van der Waals surface area contributed by atoms with Crippen LogP contribution < -0.4 is 14.8 Å². The molecule has 5 heteroatoms. The van der Waals surface area contributed by atoms with Gasteiger partial charge >= 0.3 is 0 Å². The van der Waals surface area contributed by atoms with E-state index in [0.717, 1.165) is 43.8 Å². The van der Waals surface area contributed by atoms with E-state index < -0.39 is 0 Å². The fourth-order valence-electron chi connectivity index (χ4n) is 4.19. The average Bonchev–Trinajstić information content (AvgIpc) is 2.85. The second-order valence-corrected chi connectivity index (χ2v) is 8.58. The van der Waals surface area contributed by atoms with Gasteiger partial charge < -0.3 is 14.8 Å². The smallest absolute Gasteiger partial charge is 0.224 e. The summed E-state index contributed by atoms with van der Waals surface area (Å²) in [6, 6.07) is 26.0. The van der Waals surface area contributed by atoms with Crippen molar-refractivity contribution in [1.82, 2.24) is 10.2 Å². The summed E-state index contributed by atoms with van der Waals surface area (Å²) in [5, 5.41) is 3.20. The molecule has 0 atom stereocenters. The fourth-order valence-corrected chi connectivity index (χ4v) is 4.19. The van der Waals surface area contributed by atoms with Gasteiger partial charge in [0.15, 0.2) is 11.5 Å². The van der Waals surface area contributed by atoms with Crippen LogP contribution >= 0.6 is 0 Å². The van der Waals surface area contributed by atoms with E-state index in [0.29, 0.717) is 24.5 Å². The Hall–Kier alpha value is -3.57. The van der Waals surface area contributed by atoms with Gasteiger partial charge in [-0.1, -0.05) is 67.3 Å². The molecule has 3 aromatic carbocycles. The number of piperidine rings is 1. The standard InChI is InChI=1S/C29H32N2O3/c1-2-19-33-27-13-6-7-14-28(27)34-26-12-8-11-24(20-26)22-31-17-15-25(16-18-31)30-29(32)21-23-9-4-3-5-10-23/h2-14,20,25H,1,15-19,21-22H2,(H,30,32). The third kappa shape index (κ3) is 6.96. The first-order chi connectivity index (χ1) is 16.7. The lowest BCUT2D eigenvalue weighted by Gasteiger charge is -2.32. The molecule has 3 aromatic rings. The number of amides is 1. The van der Waals surface area contributed by atoms with Crippen molar-refractivity contribution in [2.75, 3.05) is 19.7 Å². The van der Waals surface area contributed by atoms with E-state index in [-0.39, 0.29) is 11.9 Å². The Balaban J connectivity index is 1.27. The zero-order valence-electron chi connectivity index (χ0n) is 19.5. The van der Waals surface area contributed by atoms with Crippen molar-refractivity contribution >= 4 is 5.91 Å². The molecule has 0 radical (unpaired) electrons. The number of nitrogens with one attached hydrogen (secondary N) is 1. The van der Waals surface area contributed by atoms with Crippen molar-refractivity contribution in [3.05, 3.63) is 103 Å². The maximum atomic E-state index is 12.4. The molecule has 1 N–H and O–H groups in total. The maximum absolute atomic E-state index is 12.4. The monoisotopic (exact) mass is 456 g/mol. The molecule has 0 bridgehead atoms. The van der Waals surface area contributed by atoms with Crippen LogP contribution in [-0.4, -0.2) is 36.5 Å². The number of nitrogens with zero attached hydrogens (tertiary/aromatic N) is 1. The quantitative estimate of drug-likeness (QED) is 0.417. The van der Waals surface area contributed by atoms with E-state index in [1.807, 2.05) is 66.7 Å². The van der Waals surface area contributed by atoms with E-state index in [9.17, 15) is 4.79 Å². The van der Waals surface area contributed by atoms with E-state index in [4.69, 9.17) is 9.47 Å². The summed E-state index contributed by atoms with van der Waals surface area (Å²) in [7, 11) is 0. The van der Waals surface area contributed by atoms with E-state index in [2.05, 4.69) is 28.9 Å². The van der Waals surface area contributed by atoms with Crippen LogP contribution in [0.1, 0.15) is 24.0 Å². The maximum Gasteiger partial charge on any atom is 0.224 e. The highest BCUT2D eigenvalue weighted by Crippen LogP contribution is 2.31. The summed E-state index contributed by atoms with van der Waals surface area (Å²) >= 11 is 0. The number of para-hydroxylation sites is 2. The number of hydrogen-bond donors (Lipinski definition) is 1. The molecule has 1 aliphatic rings. The summed E-state index contributed by atoms with van der Waals surface area (Å²) in [5.74, 6) is 2.28. The predicted octanol–water partition coefficient (Wildman–Crippen LogP) is 5.37. The number of likely N-dealkylation sites (tertiary alicyclic amines) is 1. The summed E-state index contributed by atoms with van der Waals surface area (Å²) < 4.78 is 11.8. The van der Waals surface area contributed by atoms with Crippen LogP contribution in [0.3, 0.4) is 0 Å². The highest BCUT2D eigenvalue weighted by atomic mass is 16.5. The molecule has 1 heterocycles. The normalized spacial score (nSPS) is 14.4. The van der Waals surface area contributed by atoms with E-state index >= 15 is 0 Å². The Labute approximate surface area is 202 Å². The topological polar surface area (TPSA) is 50.8 Å². The first-order valence-electron chi connectivity index (χ1n) is 11.8. The van der Waals surface area contributed by atoms with Gasteiger partial charge in [0.05, 0.1) is 6.42 Å². The van der Waals surface area contributed by atoms with Gasteiger partial charge in [-0.05, 0) is 48.2 Å². The van der Waals surface area contributed by atoms with Crippen LogP contribution in [-0.2, 0) is 17.8 Å². The minimum Gasteiger partial charge on any atom is -0.486 e. The molecule has 0 aliphatic carbocycles. The van der Waals surface area contributed by atoms with Crippen LogP contribution in [0.5, 0.6) is 17.2 Å². The number of carbonyl (C=O) groups excluding carboxylic acids is 1. The van der Waals surface area contributed by atoms with Crippen LogP contribution in [0.4, 0.5) is 0 Å². The fraction of sp³-hybridized carbons (Fsp3) is 0.276. The van der Waals surface area contributed by atoms with Crippen molar-refractivity contribution in [3.63, 3.8) is 0 Å². The summed E-state index contributed by atoms with van der Waals surface area (Å²) in [6.07, 6.45) is 4.08. The van der Waals surface area contributed by atoms with Gasteiger partial charge in [-0.15, -0.1) is 0 Å². The van der Waals surface area contributed by atoms with Crippen LogP contribution in [0.2, 0.25) is 0 Å². The van der Waals surface area contributed by atoms with Gasteiger partial charge in [0.25, 0.3) is 0 Å². The number of hydrogen-bond acceptors (Lipinski definition) is 4. The first-order valence-corrected chi connectivity index (χ1v) is 11.8. The largest absolute Gasteiger partial charge is 0.486 e. The molecule has 0 aromatic heterocycles. The summed E-state index contributed by atoms with van der Waals surface area (Å²) in [4.78, 5) is 14.8. The Kier molecular flexibility index (Phi) is 8.36. The van der Waals surface area contributed by atoms with Crippen molar-refractivity contribution in [1.29, 1.82) is 0 Å². The van der Waals surface area contributed by atoms with Crippen molar-refractivity contribution in [2.45, 2.75) is 31.8 Å². The van der Waals surface area contributed by atoms with Crippen LogP contribution in [0.25, 0.3) is 0 Å². The highest BCUT2D eigenvalue weighted by molar-refractivity contribution is 5.78. The lowest BCUT2D eigenvalue weighted by Crippen LogP contribution is -2.44. The summed E-state index contributed by atoms with van der Waals surface area (Å²) in [5.41, 5.74) is 2.25. The Morgan fingerprint density at radius 1 is 0.941 bits per heavy atom. The van der Waals surface area contributed by atoms with Gasteiger partial charge in [-0.25, -0.2) is 0 Å². The lowest BCUT2D eigenvalue weighted by molar-refractivity contribution is -0.121. The molecule has 1 fully saturated rings. The van der Waals surface area contributed by atoms with Crippen molar-refractivity contribution < 1.29 is 14.3 Å². The minimum atomic E-state index is 0.104. The van der Waals surface area contributed by atoms with Crippen LogP contribution in [0, 0.1) is 0 Å². The van der Waals surface area contributed by atoms with Crippen molar-refractivity contribution in [3.8, 4) is 17.2 Å². The zero-order valence-corrected chi connectivity index (χ0v) is 19.5. The zero-order chi connectivity index (χ0) is 23.6. The minimum absolute atomic E-state index is 0.104. The lowest BCUT2D eigenvalue weighted by atomic mass is 10.0. The highest BCUT2D eigenvalue weighted by Gasteiger charge is 2.21. The van der Waals surface area contributed by atoms with E-state index in [1.54, 1.807) is 6.08 Å². The van der Waals surface area contributed by atoms with Gasteiger partial charge in [-0.3, -0.25) is 9.69 Å². The molecular formula is C29H32N2O3. The van der Waals surface area contributed by atoms with Gasteiger partial charge in [0.2, 0.25) is 5.91 Å². The van der Waals surface area contributed by atoms with Gasteiger partial charge in [-0.2, -0.15) is 0 Å². The third-order valence-corrected chi connectivity index (χ3v) is 5.90. The molecule has 0 saturated carbocycles. The third-order valence-electron chi connectivity index (χ3n) is 5.90. The number of rotatable bonds is 10. The van der Waals surface area contributed by atoms with Gasteiger partial charge in [0.1, 0.15) is 12.4 Å². The van der Waals surface area contributed by atoms with Crippen molar-refractivity contribution in [2.24, 2.45) is 0 Å². The number of ether oxygens (including phenoxy) is 2. The second-order valence-electron chi connectivity index (χ2n) is 8.58. The van der Waals surface area contributed by atoms with Gasteiger partial charge in [0, 0.05) is 25.7 Å². The first kappa shape index (κ1) is 23.6. The molecule has 1 amide bonds. The summed E-state index contributed by atoms with van der Waals surface area (Å²) in [6.45, 7) is 6.91. The predicted molar refractivity (Wildman–Crippen MR) is 135 cm³/mol. The molecule has 4 rings (SSSR count). The molecule has 1 aliphatic heterocycles. The molecule has 176 valence electrons. The second kappa shape index (κ2) is 12.1. The Morgan fingerprint density at radius 2 is 1.65 bits per heavy atom. The van der Waals surface area contributed by atoms with Crippen LogP contribution in [0.15, 0.2) is 91.5 Å².